The van der Waals surface area contributed by atoms with E-state index in [1.807, 2.05) is 6.07 Å². The molecule has 0 fully saturated rings. The maximum Gasteiger partial charge on any atom is 0.141 e. The van der Waals surface area contributed by atoms with Crippen molar-refractivity contribution < 1.29 is 4.39 Å². The summed E-state index contributed by atoms with van der Waals surface area (Å²) in [6, 6.07) is 6.43. The van der Waals surface area contributed by atoms with E-state index in [1.165, 1.54) is 17.6 Å². The first kappa shape index (κ1) is 10.5. The van der Waals surface area contributed by atoms with Gasteiger partial charge in [-0.2, -0.15) is 4.37 Å². The zero-order valence-corrected chi connectivity index (χ0v) is 9.28. The van der Waals surface area contributed by atoms with Crippen molar-refractivity contribution in [3.63, 3.8) is 0 Å². The number of nitrogens with zero attached hydrogens (tertiary/aromatic N) is 1. The fraction of sp³-hybridized carbons (Fsp3) is 0.100. The van der Waals surface area contributed by atoms with Crippen molar-refractivity contribution in [1.82, 2.24) is 4.37 Å². The van der Waals surface area contributed by atoms with Crippen LogP contribution in [0.5, 0.6) is 0 Å². The molecule has 2 aromatic rings. The van der Waals surface area contributed by atoms with Gasteiger partial charge in [0.15, 0.2) is 0 Å². The number of benzene rings is 1. The van der Waals surface area contributed by atoms with Gasteiger partial charge >= 0.3 is 0 Å². The molecule has 1 aromatic carbocycles. The summed E-state index contributed by atoms with van der Waals surface area (Å²) in [7, 11) is 0. The van der Waals surface area contributed by atoms with Crippen molar-refractivity contribution in [2.45, 2.75) is 6.54 Å². The summed E-state index contributed by atoms with van der Waals surface area (Å²) >= 11 is 7.02. The van der Waals surface area contributed by atoms with Crippen LogP contribution in [0.1, 0.15) is 4.88 Å². The molecule has 15 heavy (non-hydrogen) atoms. The van der Waals surface area contributed by atoms with Crippen LogP contribution in [-0.2, 0) is 6.54 Å². The molecule has 5 heteroatoms. The van der Waals surface area contributed by atoms with Crippen LogP contribution in [0.2, 0.25) is 5.02 Å². The number of rotatable bonds is 2. The molecule has 0 atom stereocenters. The molecule has 0 saturated carbocycles. The average molecular weight is 243 g/mol. The van der Waals surface area contributed by atoms with E-state index in [2.05, 4.69) is 4.37 Å². The van der Waals surface area contributed by atoms with Crippen LogP contribution in [0.3, 0.4) is 0 Å². The van der Waals surface area contributed by atoms with Crippen LogP contribution >= 0.6 is 23.1 Å². The number of halogens is 2. The highest BCUT2D eigenvalue weighted by atomic mass is 35.5. The Labute approximate surface area is 95.7 Å². The second kappa shape index (κ2) is 4.26. The van der Waals surface area contributed by atoms with E-state index in [9.17, 15) is 4.39 Å². The molecular weight excluding hydrogens is 235 g/mol. The molecule has 2 rings (SSSR count). The van der Waals surface area contributed by atoms with Crippen LogP contribution in [0.25, 0.3) is 11.3 Å². The van der Waals surface area contributed by atoms with Gasteiger partial charge < -0.3 is 5.73 Å². The summed E-state index contributed by atoms with van der Waals surface area (Å²) in [5.74, 6) is -0.422. The molecule has 0 spiro atoms. The van der Waals surface area contributed by atoms with Gasteiger partial charge in [-0.25, -0.2) is 4.39 Å². The molecule has 0 aliphatic carbocycles. The summed E-state index contributed by atoms with van der Waals surface area (Å²) in [6.07, 6.45) is 0. The van der Waals surface area contributed by atoms with Gasteiger partial charge in [0.1, 0.15) is 5.82 Å². The van der Waals surface area contributed by atoms with Crippen molar-refractivity contribution in [3.8, 4) is 11.3 Å². The number of aromatic nitrogens is 1. The highest BCUT2D eigenvalue weighted by Crippen LogP contribution is 2.25. The van der Waals surface area contributed by atoms with Gasteiger partial charge in [0.25, 0.3) is 0 Å². The Morgan fingerprint density at radius 1 is 1.40 bits per heavy atom. The van der Waals surface area contributed by atoms with Crippen LogP contribution in [-0.4, -0.2) is 4.37 Å². The Morgan fingerprint density at radius 3 is 2.80 bits per heavy atom. The molecule has 0 bridgehead atoms. The predicted molar refractivity (Wildman–Crippen MR) is 60.4 cm³/mol. The third-order valence-electron chi connectivity index (χ3n) is 1.98. The number of hydrogen-bond acceptors (Lipinski definition) is 3. The Bertz CT molecular complexity index is 484. The lowest BCUT2D eigenvalue weighted by atomic mass is 10.1. The highest BCUT2D eigenvalue weighted by Gasteiger charge is 2.06. The minimum Gasteiger partial charge on any atom is -0.326 e. The van der Waals surface area contributed by atoms with E-state index in [1.54, 1.807) is 12.1 Å². The Kier molecular flexibility index (Phi) is 3.00. The van der Waals surface area contributed by atoms with Crippen LogP contribution in [0.4, 0.5) is 4.39 Å². The van der Waals surface area contributed by atoms with Gasteiger partial charge in [-0.3, -0.25) is 0 Å². The Balaban J connectivity index is 2.40. The fourth-order valence-electron chi connectivity index (χ4n) is 1.20. The zero-order valence-electron chi connectivity index (χ0n) is 7.71. The maximum atomic E-state index is 12.9. The molecule has 0 radical (unpaired) electrons. The lowest BCUT2D eigenvalue weighted by Gasteiger charge is -1.98. The topological polar surface area (TPSA) is 38.9 Å². The summed E-state index contributed by atoms with van der Waals surface area (Å²) in [5.41, 5.74) is 7.06. The lowest BCUT2D eigenvalue weighted by Crippen LogP contribution is -1.91. The van der Waals surface area contributed by atoms with Gasteiger partial charge in [-0.15, -0.1) is 0 Å². The largest absolute Gasteiger partial charge is 0.326 e. The van der Waals surface area contributed by atoms with E-state index in [0.717, 1.165) is 16.1 Å². The van der Waals surface area contributed by atoms with Gasteiger partial charge in [-0.05, 0) is 35.8 Å². The van der Waals surface area contributed by atoms with Crippen molar-refractivity contribution >= 4 is 23.1 Å². The SMILES string of the molecule is NCc1cc(-c2ccc(F)c(Cl)c2)ns1. The van der Waals surface area contributed by atoms with Gasteiger partial charge in [0.05, 0.1) is 10.7 Å². The third-order valence-corrected chi connectivity index (χ3v) is 3.07. The lowest BCUT2D eigenvalue weighted by molar-refractivity contribution is 0.628. The second-order valence-corrected chi connectivity index (χ2v) is 4.31. The van der Waals surface area contributed by atoms with Crippen molar-refractivity contribution in [2.24, 2.45) is 5.73 Å². The first-order valence-electron chi connectivity index (χ1n) is 4.32. The summed E-state index contributed by atoms with van der Waals surface area (Å²) in [6.45, 7) is 0.465. The minimum atomic E-state index is -0.422. The van der Waals surface area contributed by atoms with E-state index >= 15 is 0 Å². The van der Waals surface area contributed by atoms with E-state index in [-0.39, 0.29) is 5.02 Å². The Hall–Kier alpha value is -0.970. The molecule has 0 aliphatic rings. The maximum absolute atomic E-state index is 12.9. The van der Waals surface area contributed by atoms with E-state index in [4.69, 9.17) is 17.3 Å². The standard InChI is InChI=1S/C10H8ClFN2S/c11-8-3-6(1-2-9(8)12)10-4-7(5-13)15-14-10/h1-4H,5,13H2. The van der Waals surface area contributed by atoms with Crippen LogP contribution in [0, 0.1) is 5.82 Å². The summed E-state index contributed by atoms with van der Waals surface area (Å²) < 4.78 is 17.1. The molecule has 0 saturated heterocycles. The molecular formula is C10H8ClFN2S. The molecule has 78 valence electrons. The van der Waals surface area contributed by atoms with E-state index in [0.29, 0.717) is 6.54 Å². The average Bonchev–Trinajstić information content (AvgIpc) is 2.70. The zero-order chi connectivity index (χ0) is 10.8. The van der Waals surface area contributed by atoms with Crippen molar-refractivity contribution in [3.05, 3.63) is 40.0 Å². The second-order valence-electron chi connectivity index (χ2n) is 3.01. The highest BCUT2D eigenvalue weighted by molar-refractivity contribution is 7.06. The van der Waals surface area contributed by atoms with Gasteiger partial charge in [0.2, 0.25) is 0 Å². The monoisotopic (exact) mass is 242 g/mol. The van der Waals surface area contributed by atoms with Crippen molar-refractivity contribution in [2.75, 3.05) is 0 Å². The first-order chi connectivity index (χ1) is 7.20. The molecule has 2 nitrogen and oxygen atoms in total. The van der Waals surface area contributed by atoms with Crippen LogP contribution in [0.15, 0.2) is 24.3 Å². The smallest absolute Gasteiger partial charge is 0.141 e. The molecule has 0 unspecified atom stereocenters. The fourth-order valence-corrected chi connectivity index (χ4v) is 1.99. The minimum absolute atomic E-state index is 0.106. The molecule has 0 amide bonds. The summed E-state index contributed by atoms with van der Waals surface area (Å²) in [5, 5.41) is 0.106. The number of nitrogens with two attached hydrogens (primary N) is 1. The quantitative estimate of drug-likeness (QED) is 0.879. The molecule has 0 aliphatic heterocycles. The predicted octanol–water partition coefficient (Wildman–Crippen LogP) is 3.06. The number of hydrogen-bond donors (Lipinski definition) is 1. The first-order valence-corrected chi connectivity index (χ1v) is 5.47. The molecule has 2 N–H and O–H groups in total. The normalized spacial score (nSPS) is 10.6. The van der Waals surface area contributed by atoms with E-state index < -0.39 is 5.82 Å². The van der Waals surface area contributed by atoms with Crippen molar-refractivity contribution in [1.29, 1.82) is 0 Å². The van der Waals surface area contributed by atoms with Gasteiger partial charge in [0, 0.05) is 17.0 Å². The Morgan fingerprint density at radius 2 is 2.20 bits per heavy atom. The third kappa shape index (κ3) is 2.17. The molecule has 1 heterocycles. The molecule has 1 aromatic heterocycles. The van der Waals surface area contributed by atoms with Crippen LogP contribution < -0.4 is 5.73 Å². The van der Waals surface area contributed by atoms with Gasteiger partial charge in [-0.1, -0.05) is 11.6 Å². The summed E-state index contributed by atoms with van der Waals surface area (Å²) in [4.78, 5) is 0.991.